The fourth-order valence-electron chi connectivity index (χ4n) is 4.02. The fraction of sp³-hybridized carbons (Fsp3) is 0.333. The van der Waals surface area contributed by atoms with Crippen molar-refractivity contribution >= 4 is 11.4 Å². The van der Waals surface area contributed by atoms with E-state index in [1.54, 1.807) is 13.8 Å². The Morgan fingerprint density at radius 3 is 1.65 bits per heavy atom. The zero-order valence-corrected chi connectivity index (χ0v) is 18.7. The topological polar surface area (TPSA) is 24.1 Å². The van der Waals surface area contributed by atoms with Crippen molar-refractivity contribution in [1.29, 1.82) is 0 Å². The first-order chi connectivity index (χ1) is 14.8. The molecule has 0 heterocycles. The Hall–Kier alpha value is -2.88. The second-order valence-corrected chi connectivity index (χ2v) is 8.91. The molecule has 1 saturated carbocycles. The van der Waals surface area contributed by atoms with Crippen LogP contribution in [0, 0.1) is 31.4 Å². The SMILES string of the molecule is Cc1c(F)c(-c2ccc(NC(C)C)cc2)c(C)c(F)c1-c1ccc(NCC2CC2)cc1. The summed E-state index contributed by atoms with van der Waals surface area (Å²) in [7, 11) is 0. The van der Waals surface area contributed by atoms with Gasteiger partial charge in [-0.25, -0.2) is 8.78 Å². The van der Waals surface area contributed by atoms with Crippen molar-refractivity contribution in [1.82, 2.24) is 0 Å². The average Bonchev–Trinajstić information content (AvgIpc) is 3.57. The Morgan fingerprint density at radius 1 is 0.774 bits per heavy atom. The van der Waals surface area contributed by atoms with Crippen molar-refractivity contribution in [3.8, 4) is 22.3 Å². The van der Waals surface area contributed by atoms with Gasteiger partial charge in [-0.15, -0.1) is 0 Å². The van der Waals surface area contributed by atoms with Crippen LogP contribution < -0.4 is 10.6 Å². The predicted molar refractivity (Wildman–Crippen MR) is 127 cm³/mol. The second-order valence-electron chi connectivity index (χ2n) is 8.91. The number of rotatable bonds is 7. The lowest BCUT2D eigenvalue weighted by Crippen LogP contribution is -2.09. The molecule has 162 valence electrons. The average molecular weight is 421 g/mol. The van der Waals surface area contributed by atoms with Crippen LogP contribution in [0.4, 0.5) is 20.2 Å². The number of halogens is 2. The zero-order valence-electron chi connectivity index (χ0n) is 18.7. The number of benzene rings is 3. The Morgan fingerprint density at radius 2 is 1.23 bits per heavy atom. The van der Waals surface area contributed by atoms with Crippen LogP contribution in [0.3, 0.4) is 0 Å². The highest BCUT2D eigenvalue weighted by Crippen LogP contribution is 2.38. The smallest absolute Gasteiger partial charge is 0.135 e. The maximum absolute atomic E-state index is 15.5. The summed E-state index contributed by atoms with van der Waals surface area (Å²) in [4.78, 5) is 0. The number of nitrogens with one attached hydrogen (secondary N) is 2. The third kappa shape index (κ3) is 4.58. The summed E-state index contributed by atoms with van der Waals surface area (Å²) >= 11 is 0. The molecule has 0 bridgehead atoms. The third-order valence-corrected chi connectivity index (χ3v) is 5.94. The first-order valence-corrected chi connectivity index (χ1v) is 11.0. The van der Waals surface area contributed by atoms with Gasteiger partial charge in [-0.05, 0) is 93.0 Å². The lowest BCUT2D eigenvalue weighted by atomic mass is 9.90. The molecule has 2 nitrogen and oxygen atoms in total. The van der Waals surface area contributed by atoms with Gasteiger partial charge >= 0.3 is 0 Å². The van der Waals surface area contributed by atoms with Crippen molar-refractivity contribution in [2.75, 3.05) is 17.2 Å². The monoisotopic (exact) mass is 420 g/mol. The van der Waals surface area contributed by atoms with Crippen LogP contribution >= 0.6 is 0 Å². The molecule has 4 rings (SSSR count). The van der Waals surface area contributed by atoms with Crippen LogP contribution in [0.25, 0.3) is 22.3 Å². The van der Waals surface area contributed by atoms with Crippen LogP contribution in [-0.2, 0) is 0 Å². The molecule has 2 N–H and O–H groups in total. The second kappa shape index (κ2) is 8.70. The molecule has 0 amide bonds. The molecule has 4 heteroatoms. The summed E-state index contributed by atoms with van der Waals surface area (Å²) in [5, 5.41) is 6.73. The molecular formula is C27H30F2N2. The minimum Gasteiger partial charge on any atom is -0.385 e. The molecule has 1 aliphatic rings. The standard InChI is InChI=1S/C27H30F2N2/c1-16(2)31-23-13-9-21(10-14-23)25-18(4)26(28)24(17(3)27(25)29)20-7-11-22(12-8-20)30-15-19-5-6-19/h7-14,16,19,30-31H,5-6,15H2,1-4H3. The van der Waals surface area contributed by atoms with Crippen LogP contribution in [0.5, 0.6) is 0 Å². The van der Waals surface area contributed by atoms with Crippen LogP contribution in [0.2, 0.25) is 0 Å². The van der Waals surface area contributed by atoms with Crippen LogP contribution in [-0.4, -0.2) is 12.6 Å². The Labute approximate surface area is 183 Å². The molecule has 0 unspecified atom stereocenters. The molecule has 0 atom stereocenters. The van der Waals surface area contributed by atoms with E-state index in [1.165, 1.54) is 12.8 Å². The normalized spacial score (nSPS) is 13.5. The van der Waals surface area contributed by atoms with Crippen molar-refractivity contribution < 1.29 is 8.78 Å². The number of anilines is 2. The minimum absolute atomic E-state index is 0.304. The molecule has 1 aliphatic carbocycles. The molecule has 0 radical (unpaired) electrons. The van der Waals surface area contributed by atoms with Crippen LogP contribution in [0.1, 0.15) is 37.8 Å². The van der Waals surface area contributed by atoms with Gasteiger partial charge in [0.05, 0.1) is 0 Å². The summed E-state index contributed by atoms with van der Waals surface area (Å²) in [6.45, 7) is 8.41. The number of hydrogen-bond acceptors (Lipinski definition) is 2. The summed E-state index contributed by atoms with van der Waals surface area (Å²) in [5.74, 6) is 0.0465. The predicted octanol–water partition coefficient (Wildman–Crippen LogP) is 7.56. The van der Waals surface area contributed by atoms with Crippen LogP contribution in [0.15, 0.2) is 48.5 Å². The fourth-order valence-corrected chi connectivity index (χ4v) is 4.02. The highest BCUT2D eigenvalue weighted by Gasteiger charge is 2.23. The van der Waals surface area contributed by atoms with Crippen molar-refractivity contribution in [3.63, 3.8) is 0 Å². The lowest BCUT2D eigenvalue weighted by Gasteiger charge is -2.18. The lowest BCUT2D eigenvalue weighted by molar-refractivity contribution is 0.592. The van der Waals surface area contributed by atoms with E-state index in [-0.39, 0.29) is 11.6 Å². The van der Waals surface area contributed by atoms with Gasteiger partial charge in [-0.1, -0.05) is 24.3 Å². The maximum Gasteiger partial charge on any atom is 0.135 e. The molecule has 0 spiro atoms. The van der Waals surface area contributed by atoms with E-state index in [0.29, 0.717) is 39.4 Å². The summed E-state index contributed by atoms with van der Waals surface area (Å²) < 4.78 is 31.0. The first kappa shape index (κ1) is 21.4. The van der Waals surface area contributed by atoms with E-state index < -0.39 is 0 Å². The molecule has 3 aromatic carbocycles. The zero-order chi connectivity index (χ0) is 22.1. The maximum atomic E-state index is 15.5. The van der Waals surface area contributed by atoms with Gasteiger partial charge in [0.25, 0.3) is 0 Å². The van der Waals surface area contributed by atoms with Gasteiger partial charge in [0, 0.05) is 35.1 Å². The Balaban J connectivity index is 1.66. The third-order valence-electron chi connectivity index (χ3n) is 5.94. The minimum atomic E-state index is -0.366. The van der Waals surface area contributed by atoms with Crippen molar-refractivity contribution in [2.45, 2.75) is 46.6 Å². The number of hydrogen-bond donors (Lipinski definition) is 2. The van der Waals surface area contributed by atoms with Gasteiger partial charge < -0.3 is 10.6 Å². The van der Waals surface area contributed by atoms with E-state index in [9.17, 15) is 0 Å². The van der Waals surface area contributed by atoms with E-state index in [0.717, 1.165) is 23.8 Å². The molecule has 0 saturated heterocycles. The van der Waals surface area contributed by atoms with Gasteiger partial charge in [-0.3, -0.25) is 0 Å². The van der Waals surface area contributed by atoms with Crippen molar-refractivity contribution in [3.05, 3.63) is 71.3 Å². The molecule has 0 aliphatic heterocycles. The first-order valence-electron chi connectivity index (χ1n) is 11.0. The van der Waals surface area contributed by atoms with Gasteiger partial charge in [0.1, 0.15) is 11.6 Å². The van der Waals surface area contributed by atoms with Gasteiger partial charge in [-0.2, -0.15) is 0 Å². The summed E-state index contributed by atoms with van der Waals surface area (Å²) in [6, 6.07) is 15.4. The van der Waals surface area contributed by atoms with Gasteiger partial charge in [0.2, 0.25) is 0 Å². The molecule has 1 fully saturated rings. The van der Waals surface area contributed by atoms with E-state index in [1.807, 2.05) is 48.5 Å². The Kier molecular flexibility index (Phi) is 5.99. The molecule has 0 aromatic heterocycles. The van der Waals surface area contributed by atoms with E-state index >= 15 is 8.78 Å². The highest BCUT2D eigenvalue weighted by molar-refractivity contribution is 5.79. The van der Waals surface area contributed by atoms with Crippen molar-refractivity contribution in [2.24, 2.45) is 5.92 Å². The molecular weight excluding hydrogens is 390 g/mol. The summed E-state index contributed by atoms with van der Waals surface area (Å²) in [5.41, 5.74) is 4.68. The van der Waals surface area contributed by atoms with Gasteiger partial charge in [0.15, 0.2) is 0 Å². The largest absolute Gasteiger partial charge is 0.385 e. The Bertz CT molecular complexity index is 1040. The summed E-state index contributed by atoms with van der Waals surface area (Å²) in [6.07, 6.45) is 2.58. The molecule has 31 heavy (non-hydrogen) atoms. The van der Waals surface area contributed by atoms with E-state index in [2.05, 4.69) is 24.5 Å². The van der Waals surface area contributed by atoms with E-state index in [4.69, 9.17) is 0 Å². The quantitative estimate of drug-likeness (QED) is 0.412. The highest BCUT2D eigenvalue weighted by atomic mass is 19.1. The molecule has 3 aromatic rings.